The molecule has 1 heterocycles. The maximum Gasteiger partial charge on any atom is 0.197 e. The summed E-state index contributed by atoms with van der Waals surface area (Å²) >= 11 is 0. The number of nitrogens with zero attached hydrogens (tertiary/aromatic N) is 1. The molecular formula is C11H11N3O3. The van der Waals surface area contributed by atoms with E-state index in [0.717, 1.165) is 0 Å². The SMILES string of the molecule is COc1cccc2oc(C(N)=NN)cc(=O)c12. The molecule has 6 nitrogen and oxygen atoms in total. The highest BCUT2D eigenvalue weighted by atomic mass is 16.5. The minimum absolute atomic E-state index is 0.0354. The van der Waals surface area contributed by atoms with Crippen LogP contribution in [-0.2, 0) is 0 Å². The van der Waals surface area contributed by atoms with Crippen LogP contribution in [0.5, 0.6) is 5.75 Å². The van der Waals surface area contributed by atoms with Crippen LogP contribution in [0, 0.1) is 0 Å². The van der Waals surface area contributed by atoms with Gasteiger partial charge in [0.15, 0.2) is 17.0 Å². The van der Waals surface area contributed by atoms with Crippen molar-refractivity contribution in [1.82, 2.24) is 0 Å². The summed E-state index contributed by atoms with van der Waals surface area (Å²) in [5, 5.41) is 3.64. The summed E-state index contributed by atoms with van der Waals surface area (Å²) in [7, 11) is 1.48. The fourth-order valence-corrected chi connectivity index (χ4v) is 1.54. The van der Waals surface area contributed by atoms with E-state index in [1.807, 2.05) is 0 Å². The van der Waals surface area contributed by atoms with Crippen molar-refractivity contribution in [3.8, 4) is 5.75 Å². The molecule has 1 aromatic carbocycles. The van der Waals surface area contributed by atoms with Crippen molar-refractivity contribution in [2.45, 2.75) is 0 Å². The van der Waals surface area contributed by atoms with Crippen LogP contribution in [0.25, 0.3) is 11.0 Å². The first kappa shape index (κ1) is 11.0. The number of nitrogens with two attached hydrogens (primary N) is 2. The zero-order chi connectivity index (χ0) is 12.4. The molecule has 0 spiro atoms. The molecule has 0 radical (unpaired) electrons. The van der Waals surface area contributed by atoms with Gasteiger partial charge in [-0.15, -0.1) is 0 Å². The smallest absolute Gasteiger partial charge is 0.197 e. The fraction of sp³-hybridized carbons (Fsp3) is 0.0909. The Labute approximate surface area is 96.5 Å². The lowest BCUT2D eigenvalue weighted by molar-refractivity contribution is 0.418. The van der Waals surface area contributed by atoms with Gasteiger partial charge in [0.25, 0.3) is 0 Å². The van der Waals surface area contributed by atoms with Gasteiger partial charge in [-0.05, 0) is 12.1 Å². The summed E-state index contributed by atoms with van der Waals surface area (Å²) in [6.07, 6.45) is 0. The number of rotatable bonds is 2. The molecule has 1 aromatic heterocycles. The number of fused-ring (bicyclic) bond motifs is 1. The number of hydrogen-bond donors (Lipinski definition) is 2. The van der Waals surface area contributed by atoms with E-state index in [0.29, 0.717) is 16.7 Å². The molecule has 2 aromatic rings. The van der Waals surface area contributed by atoms with Crippen LogP contribution in [0.3, 0.4) is 0 Å². The number of benzene rings is 1. The number of ether oxygens (including phenoxy) is 1. The number of hydrogen-bond acceptors (Lipinski definition) is 5. The van der Waals surface area contributed by atoms with Crippen molar-refractivity contribution in [2.75, 3.05) is 7.11 Å². The van der Waals surface area contributed by atoms with Gasteiger partial charge in [-0.1, -0.05) is 6.07 Å². The predicted molar refractivity (Wildman–Crippen MR) is 63.9 cm³/mol. The van der Waals surface area contributed by atoms with Crippen LogP contribution in [0.2, 0.25) is 0 Å². The second-order valence-corrected chi connectivity index (χ2v) is 3.32. The van der Waals surface area contributed by atoms with Crippen LogP contribution in [0.1, 0.15) is 5.76 Å². The largest absolute Gasteiger partial charge is 0.496 e. The van der Waals surface area contributed by atoms with E-state index in [9.17, 15) is 4.79 Å². The van der Waals surface area contributed by atoms with Gasteiger partial charge in [-0.3, -0.25) is 4.79 Å². The Morgan fingerprint density at radius 1 is 1.47 bits per heavy atom. The Morgan fingerprint density at radius 3 is 2.88 bits per heavy atom. The van der Waals surface area contributed by atoms with Gasteiger partial charge in [-0.2, -0.15) is 5.10 Å². The summed E-state index contributed by atoms with van der Waals surface area (Å²) in [5.41, 5.74) is 5.60. The first-order valence-corrected chi connectivity index (χ1v) is 4.82. The topological polar surface area (TPSA) is 104 Å². The Morgan fingerprint density at radius 2 is 2.24 bits per heavy atom. The second kappa shape index (κ2) is 4.17. The molecule has 0 aliphatic heterocycles. The summed E-state index contributed by atoms with van der Waals surface area (Å²) in [6, 6.07) is 6.27. The molecule has 0 bridgehead atoms. The molecule has 0 amide bonds. The predicted octanol–water partition coefficient (Wildman–Crippen LogP) is 0.381. The minimum Gasteiger partial charge on any atom is -0.496 e. The molecule has 0 saturated carbocycles. The van der Waals surface area contributed by atoms with E-state index >= 15 is 0 Å². The number of amidine groups is 1. The monoisotopic (exact) mass is 233 g/mol. The highest BCUT2D eigenvalue weighted by Crippen LogP contribution is 2.22. The zero-order valence-corrected chi connectivity index (χ0v) is 9.14. The first-order chi connectivity index (χ1) is 8.17. The lowest BCUT2D eigenvalue weighted by atomic mass is 10.2. The molecule has 0 fully saturated rings. The van der Waals surface area contributed by atoms with Gasteiger partial charge < -0.3 is 20.7 Å². The molecular weight excluding hydrogens is 222 g/mol. The van der Waals surface area contributed by atoms with E-state index in [1.54, 1.807) is 18.2 Å². The molecule has 4 N–H and O–H groups in total. The van der Waals surface area contributed by atoms with E-state index < -0.39 is 0 Å². The van der Waals surface area contributed by atoms with Gasteiger partial charge in [0.05, 0.1) is 7.11 Å². The Hall–Kier alpha value is -2.50. The maximum atomic E-state index is 11.9. The Kier molecular flexibility index (Phi) is 2.70. The molecule has 0 atom stereocenters. The highest BCUT2D eigenvalue weighted by Gasteiger charge is 2.11. The number of methoxy groups -OCH3 is 1. The van der Waals surface area contributed by atoms with Crippen molar-refractivity contribution in [1.29, 1.82) is 0 Å². The Bertz CT molecular complexity index is 646. The molecule has 0 aliphatic rings. The van der Waals surface area contributed by atoms with Gasteiger partial charge in [0, 0.05) is 6.07 Å². The van der Waals surface area contributed by atoms with Crippen LogP contribution >= 0.6 is 0 Å². The highest BCUT2D eigenvalue weighted by molar-refractivity contribution is 5.96. The van der Waals surface area contributed by atoms with Gasteiger partial charge >= 0.3 is 0 Å². The summed E-state index contributed by atoms with van der Waals surface area (Å²) in [4.78, 5) is 11.9. The molecule has 0 saturated heterocycles. The van der Waals surface area contributed by atoms with Crippen LogP contribution in [0.15, 0.2) is 38.6 Å². The fourth-order valence-electron chi connectivity index (χ4n) is 1.54. The molecule has 17 heavy (non-hydrogen) atoms. The van der Waals surface area contributed by atoms with Crippen molar-refractivity contribution in [3.05, 3.63) is 40.2 Å². The van der Waals surface area contributed by atoms with Crippen molar-refractivity contribution < 1.29 is 9.15 Å². The lowest BCUT2D eigenvalue weighted by Crippen LogP contribution is -2.18. The van der Waals surface area contributed by atoms with E-state index in [-0.39, 0.29) is 17.0 Å². The number of hydrazone groups is 1. The Balaban J connectivity index is 2.81. The summed E-state index contributed by atoms with van der Waals surface area (Å²) in [5.74, 6) is 5.58. The van der Waals surface area contributed by atoms with Crippen molar-refractivity contribution in [2.24, 2.45) is 16.7 Å². The van der Waals surface area contributed by atoms with Crippen molar-refractivity contribution in [3.63, 3.8) is 0 Å². The summed E-state index contributed by atoms with van der Waals surface area (Å²) < 4.78 is 10.5. The van der Waals surface area contributed by atoms with Gasteiger partial charge in [0.1, 0.15) is 16.7 Å². The molecule has 2 rings (SSSR count). The normalized spacial score (nSPS) is 11.7. The van der Waals surface area contributed by atoms with Gasteiger partial charge in [-0.25, -0.2) is 0 Å². The standard InChI is InChI=1S/C11H11N3O3/c1-16-7-3-2-4-8-10(7)6(15)5-9(17-8)11(12)14-13/h2-5H,13H2,1H3,(H2,12,14). The van der Waals surface area contributed by atoms with Crippen LogP contribution in [-0.4, -0.2) is 12.9 Å². The van der Waals surface area contributed by atoms with Gasteiger partial charge in [0.2, 0.25) is 0 Å². The van der Waals surface area contributed by atoms with E-state index in [2.05, 4.69) is 5.10 Å². The third kappa shape index (κ3) is 1.80. The molecule has 0 aliphatic carbocycles. The average molecular weight is 233 g/mol. The second-order valence-electron chi connectivity index (χ2n) is 3.32. The third-order valence-electron chi connectivity index (χ3n) is 2.33. The first-order valence-electron chi connectivity index (χ1n) is 4.82. The van der Waals surface area contributed by atoms with E-state index in [1.165, 1.54) is 13.2 Å². The molecule has 88 valence electrons. The third-order valence-corrected chi connectivity index (χ3v) is 2.33. The lowest BCUT2D eigenvalue weighted by Gasteiger charge is -2.05. The quantitative estimate of drug-likeness (QED) is 0.338. The summed E-state index contributed by atoms with van der Waals surface area (Å²) in [6.45, 7) is 0. The van der Waals surface area contributed by atoms with Crippen LogP contribution in [0.4, 0.5) is 0 Å². The average Bonchev–Trinajstić information content (AvgIpc) is 2.36. The molecule has 0 unspecified atom stereocenters. The maximum absolute atomic E-state index is 11.9. The van der Waals surface area contributed by atoms with Crippen LogP contribution < -0.4 is 21.7 Å². The molecule has 6 heteroatoms. The minimum atomic E-state index is -0.259. The van der Waals surface area contributed by atoms with Crippen molar-refractivity contribution >= 4 is 16.8 Å². The van der Waals surface area contributed by atoms with E-state index in [4.69, 9.17) is 20.7 Å². The zero-order valence-electron chi connectivity index (χ0n) is 9.14.